The second-order valence-corrected chi connectivity index (χ2v) is 12.0. The number of imidazole rings is 1. The highest BCUT2D eigenvalue weighted by Crippen LogP contribution is 2.50. The molecule has 3 aromatic rings. The van der Waals surface area contributed by atoms with Crippen LogP contribution in [0.25, 0.3) is 11.2 Å². The zero-order chi connectivity index (χ0) is 31.3. The fourth-order valence-corrected chi connectivity index (χ4v) is 5.82. The Morgan fingerprint density at radius 2 is 1.60 bits per heavy atom. The minimum absolute atomic E-state index is 0.00668. The van der Waals surface area contributed by atoms with E-state index in [4.69, 9.17) is 34.0 Å². The number of H-pyrrole nitrogens is 1. The van der Waals surface area contributed by atoms with Gasteiger partial charge in [0, 0.05) is 12.3 Å². The number of phosphoric ester groups is 2. The van der Waals surface area contributed by atoms with Gasteiger partial charge >= 0.3 is 21.3 Å². The lowest BCUT2D eigenvalue weighted by atomic mass is 10.1. The lowest BCUT2D eigenvalue weighted by Crippen LogP contribution is -2.38. The number of nitrogens with one attached hydrogen (secondary N) is 1. The molecule has 2 aliphatic heterocycles. The van der Waals surface area contributed by atoms with E-state index in [1.54, 1.807) is 0 Å². The third-order valence-electron chi connectivity index (χ3n) is 6.50. The van der Waals surface area contributed by atoms with E-state index < -0.39 is 89.2 Å². The van der Waals surface area contributed by atoms with E-state index in [0.717, 1.165) is 29.5 Å². The number of phosphoric acid groups is 2. The number of aliphatic hydroxyl groups excluding tert-OH is 3. The Balaban J connectivity index is 1.31. The van der Waals surface area contributed by atoms with Gasteiger partial charge in [0.15, 0.2) is 23.9 Å². The fourth-order valence-electron chi connectivity index (χ4n) is 4.52. The summed E-state index contributed by atoms with van der Waals surface area (Å²) in [7, 11) is -10.3. The van der Waals surface area contributed by atoms with Gasteiger partial charge in [0.05, 0.1) is 19.5 Å². The molecular weight excluding hydrogens is 628 g/mol. The fraction of sp³-hybridized carbons (Fsp3) is 0.526. The summed E-state index contributed by atoms with van der Waals surface area (Å²) in [4.78, 5) is 65.8. The van der Waals surface area contributed by atoms with Gasteiger partial charge in [-0.25, -0.2) is 28.9 Å². The van der Waals surface area contributed by atoms with Crippen LogP contribution in [0.4, 0.5) is 5.82 Å². The van der Waals surface area contributed by atoms with E-state index >= 15 is 0 Å². The molecule has 0 amide bonds. The minimum atomic E-state index is -5.20. The van der Waals surface area contributed by atoms with Crippen LogP contribution in [0.5, 0.6) is 0 Å². The van der Waals surface area contributed by atoms with Gasteiger partial charge in [-0.15, -0.1) is 0 Å². The van der Waals surface area contributed by atoms with Crippen molar-refractivity contribution in [3.63, 3.8) is 0 Å². The number of nitrogens with two attached hydrogens (primary N) is 1. The average Bonchev–Trinajstić information content (AvgIpc) is 3.57. The number of aromatic amines is 1. The third-order valence-corrected chi connectivity index (χ3v) is 7.97. The van der Waals surface area contributed by atoms with E-state index in [9.17, 15) is 38.9 Å². The molecule has 9 atom stereocenters. The maximum atomic E-state index is 12.9. The normalized spacial score (nSPS) is 31.0. The number of rotatable bonds is 10. The van der Waals surface area contributed by atoms with E-state index in [2.05, 4.69) is 19.5 Å². The SMILES string of the molecule is Nc1ncnc2c1ncn2[C@@H]1O[C@H](COP(=O)(O)O)[C@@H](OP(=O)(O)OC[C@H]2O[C@@H](n3ccc(=O)[nH]c3=O)[C@H](O)[C@@H]2O)[C@H]1O. The molecule has 22 nitrogen and oxygen atoms in total. The van der Waals surface area contributed by atoms with E-state index in [-0.39, 0.29) is 17.0 Å². The highest BCUT2D eigenvalue weighted by atomic mass is 31.2. The number of nitrogen functional groups attached to an aromatic ring is 1. The van der Waals surface area contributed by atoms with Crippen LogP contribution < -0.4 is 17.0 Å². The van der Waals surface area contributed by atoms with Crippen LogP contribution in [0.3, 0.4) is 0 Å². The highest BCUT2D eigenvalue weighted by molar-refractivity contribution is 7.47. The summed E-state index contributed by atoms with van der Waals surface area (Å²) in [6.45, 7) is -1.81. The predicted molar refractivity (Wildman–Crippen MR) is 136 cm³/mol. The molecule has 5 rings (SSSR count). The second kappa shape index (κ2) is 11.9. The number of fused-ring (bicyclic) bond motifs is 1. The first-order valence-electron chi connectivity index (χ1n) is 12.1. The van der Waals surface area contributed by atoms with Crippen molar-refractivity contribution in [2.24, 2.45) is 0 Å². The Bertz CT molecular complexity index is 1690. The molecule has 2 fully saturated rings. The molecule has 0 spiro atoms. The molecule has 0 radical (unpaired) electrons. The summed E-state index contributed by atoms with van der Waals surface area (Å²) in [6, 6.07) is 0.965. The Morgan fingerprint density at radius 1 is 0.930 bits per heavy atom. The van der Waals surface area contributed by atoms with Gasteiger partial charge in [0.2, 0.25) is 0 Å². The molecule has 2 saturated heterocycles. The van der Waals surface area contributed by atoms with Crippen molar-refractivity contribution >= 4 is 32.6 Å². The molecule has 0 aromatic carbocycles. The second-order valence-electron chi connectivity index (χ2n) is 9.32. The van der Waals surface area contributed by atoms with Crippen molar-refractivity contribution in [3.05, 3.63) is 45.8 Å². The van der Waals surface area contributed by atoms with E-state index in [0.29, 0.717) is 0 Å². The zero-order valence-electron chi connectivity index (χ0n) is 21.4. The van der Waals surface area contributed by atoms with Crippen molar-refractivity contribution in [1.82, 2.24) is 29.1 Å². The monoisotopic (exact) mass is 653 g/mol. The number of hydrogen-bond donors (Lipinski definition) is 8. The summed E-state index contributed by atoms with van der Waals surface area (Å²) >= 11 is 0. The van der Waals surface area contributed by atoms with Crippen LogP contribution in [-0.4, -0.2) is 109 Å². The van der Waals surface area contributed by atoms with Gasteiger partial charge in [0.1, 0.15) is 48.5 Å². The van der Waals surface area contributed by atoms with E-state index in [1.165, 1.54) is 4.57 Å². The number of anilines is 1. The van der Waals surface area contributed by atoms with Gasteiger partial charge in [-0.1, -0.05) is 0 Å². The van der Waals surface area contributed by atoms with Gasteiger partial charge in [-0.3, -0.25) is 32.5 Å². The van der Waals surface area contributed by atoms with Gasteiger partial charge in [-0.2, -0.15) is 0 Å². The number of aromatic nitrogens is 6. The first kappa shape index (κ1) is 31.5. The van der Waals surface area contributed by atoms with Gasteiger partial charge < -0.3 is 45.2 Å². The van der Waals surface area contributed by atoms with Crippen molar-refractivity contribution in [2.75, 3.05) is 18.9 Å². The summed E-state index contributed by atoms with van der Waals surface area (Å²) < 4.78 is 51.7. The van der Waals surface area contributed by atoms with E-state index in [1.807, 2.05) is 4.98 Å². The zero-order valence-corrected chi connectivity index (χ0v) is 23.2. The van der Waals surface area contributed by atoms with Crippen LogP contribution in [0.15, 0.2) is 34.5 Å². The van der Waals surface area contributed by atoms with Crippen LogP contribution >= 0.6 is 15.6 Å². The first-order chi connectivity index (χ1) is 20.1. The Kier molecular flexibility index (Phi) is 8.68. The van der Waals surface area contributed by atoms with Crippen molar-refractivity contribution < 1.29 is 62.2 Å². The quantitative estimate of drug-likeness (QED) is 0.0981. The van der Waals surface area contributed by atoms with Crippen LogP contribution in [-0.2, 0) is 32.2 Å². The molecule has 43 heavy (non-hydrogen) atoms. The summed E-state index contributed by atoms with van der Waals surface area (Å²) in [5, 5.41) is 31.7. The topological polar surface area (TPSA) is 326 Å². The standard InChI is InChI=1S/C19H25N7O15P2/c20-15-10-16(22-5-21-15)26(6-23-10)18-13(30)14(8(40-18)4-37-42(32,33)34)41-43(35,36)38-3-7-11(28)12(29)17(39-7)25-2-1-9(27)24-19(25)31/h1-2,5-8,11-14,17-18,28-30H,3-4H2,(H,35,36)(H2,20,21,22)(H,24,27,31)(H2,32,33,34)/t7-,8-,11-,12-,13-,14-,17-,18-/m1/s1. The maximum Gasteiger partial charge on any atom is 0.472 e. The number of nitrogens with zero attached hydrogens (tertiary/aromatic N) is 5. The lowest BCUT2D eigenvalue weighted by Gasteiger charge is -2.24. The molecule has 2 aliphatic rings. The molecular formula is C19H25N7O15P2. The number of aliphatic hydroxyl groups is 3. The van der Waals surface area contributed by atoms with Crippen molar-refractivity contribution in [2.45, 2.75) is 49.1 Å². The third kappa shape index (κ3) is 6.61. The molecule has 9 N–H and O–H groups in total. The van der Waals surface area contributed by atoms with Crippen LogP contribution in [0, 0.1) is 0 Å². The maximum absolute atomic E-state index is 12.9. The molecule has 3 aromatic heterocycles. The van der Waals surface area contributed by atoms with Crippen LogP contribution in [0.1, 0.15) is 12.5 Å². The van der Waals surface area contributed by atoms with Crippen molar-refractivity contribution in [1.29, 1.82) is 0 Å². The lowest BCUT2D eigenvalue weighted by molar-refractivity contribution is -0.0607. The molecule has 0 saturated carbocycles. The molecule has 236 valence electrons. The summed E-state index contributed by atoms with van der Waals surface area (Å²) in [5.41, 5.74) is 4.29. The van der Waals surface area contributed by atoms with Gasteiger partial charge in [0.25, 0.3) is 5.56 Å². The number of hydrogen-bond acceptors (Lipinski definition) is 16. The summed E-state index contributed by atoms with van der Waals surface area (Å²) in [6.07, 6.45) is -9.81. The minimum Gasteiger partial charge on any atom is -0.387 e. The molecule has 24 heteroatoms. The first-order valence-corrected chi connectivity index (χ1v) is 15.1. The number of ether oxygens (including phenoxy) is 2. The Morgan fingerprint density at radius 3 is 2.30 bits per heavy atom. The largest absolute Gasteiger partial charge is 0.472 e. The summed E-state index contributed by atoms with van der Waals surface area (Å²) in [5.74, 6) is -0.00668. The molecule has 0 bridgehead atoms. The predicted octanol–water partition coefficient (Wildman–Crippen LogP) is -3.55. The smallest absolute Gasteiger partial charge is 0.387 e. The molecule has 1 unspecified atom stereocenters. The molecule has 5 heterocycles. The average molecular weight is 653 g/mol. The Labute approximate surface area is 238 Å². The highest BCUT2D eigenvalue weighted by Gasteiger charge is 2.51. The van der Waals surface area contributed by atoms with Gasteiger partial charge in [-0.05, 0) is 0 Å². The molecule has 0 aliphatic carbocycles. The Hall–Kier alpha value is -2.95. The van der Waals surface area contributed by atoms with Crippen LogP contribution in [0.2, 0.25) is 0 Å². The van der Waals surface area contributed by atoms with Crippen molar-refractivity contribution in [3.8, 4) is 0 Å².